The lowest BCUT2D eigenvalue weighted by Gasteiger charge is -2.08. The van der Waals surface area contributed by atoms with Crippen molar-refractivity contribution in [1.82, 2.24) is 4.57 Å². The van der Waals surface area contributed by atoms with E-state index >= 15 is 0 Å². The fraction of sp³-hybridized carbons (Fsp3) is 0.0909. The predicted octanol–water partition coefficient (Wildman–Crippen LogP) is 4.74. The molecule has 26 heavy (non-hydrogen) atoms. The molecule has 0 radical (unpaired) electrons. The number of carbonyl (C=O) groups is 2. The van der Waals surface area contributed by atoms with Crippen LogP contribution in [0.25, 0.3) is 21.7 Å². The van der Waals surface area contributed by atoms with Gasteiger partial charge in [0.05, 0.1) is 5.56 Å². The van der Waals surface area contributed by atoms with E-state index in [2.05, 4.69) is 24.3 Å². The Labute approximate surface area is 150 Å². The van der Waals surface area contributed by atoms with Crippen LogP contribution in [0.3, 0.4) is 0 Å². The van der Waals surface area contributed by atoms with Crippen LogP contribution < -0.4 is 0 Å². The summed E-state index contributed by atoms with van der Waals surface area (Å²) in [5, 5.41) is 12.5. The Morgan fingerprint density at radius 1 is 0.962 bits per heavy atom. The molecule has 1 heterocycles. The molecule has 4 aromatic rings. The number of carbonyl (C=O) groups excluding carboxylic acids is 1. The van der Waals surface area contributed by atoms with Crippen LogP contribution in [0.4, 0.5) is 0 Å². The van der Waals surface area contributed by atoms with Gasteiger partial charge >= 0.3 is 5.97 Å². The minimum atomic E-state index is -0.970. The van der Waals surface area contributed by atoms with Crippen molar-refractivity contribution in [2.45, 2.75) is 13.5 Å². The summed E-state index contributed by atoms with van der Waals surface area (Å²) in [6, 6.07) is 19.5. The Kier molecular flexibility index (Phi) is 3.81. The Hall–Kier alpha value is -3.40. The van der Waals surface area contributed by atoms with Crippen LogP contribution in [0, 0.1) is 0 Å². The van der Waals surface area contributed by atoms with Gasteiger partial charge in [-0.15, -0.1) is 0 Å². The van der Waals surface area contributed by atoms with Gasteiger partial charge in [0.15, 0.2) is 5.78 Å². The number of nitrogens with zero attached hydrogens (tertiary/aromatic N) is 1. The van der Waals surface area contributed by atoms with E-state index in [1.54, 1.807) is 24.4 Å². The molecule has 0 saturated carbocycles. The van der Waals surface area contributed by atoms with E-state index in [4.69, 9.17) is 0 Å². The topological polar surface area (TPSA) is 59.3 Å². The fourth-order valence-electron chi connectivity index (χ4n) is 3.35. The number of carboxylic acid groups (broad SMARTS) is 1. The molecule has 0 atom stereocenters. The lowest BCUT2D eigenvalue weighted by molar-refractivity contribution is 0.0698. The summed E-state index contributed by atoms with van der Waals surface area (Å²) >= 11 is 0. The molecule has 4 heteroatoms. The summed E-state index contributed by atoms with van der Waals surface area (Å²) < 4.78 is 1.90. The second-order valence-electron chi connectivity index (χ2n) is 6.45. The lowest BCUT2D eigenvalue weighted by Crippen LogP contribution is -1.99. The zero-order chi connectivity index (χ0) is 18.3. The monoisotopic (exact) mass is 343 g/mol. The summed E-state index contributed by atoms with van der Waals surface area (Å²) in [6.45, 7) is 2.05. The minimum Gasteiger partial charge on any atom is -0.478 e. The molecule has 0 aliphatic rings. The normalized spacial score (nSPS) is 11.1. The maximum Gasteiger partial charge on any atom is 0.337 e. The van der Waals surface area contributed by atoms with Crippen LogP contribution in [0.15, 0.2) is 66.9 Å². The minimum absolute atomic E-state index is 0.0396. The molecule has 3 aromatic carbocycles. The van der Waals surface area contributed by atoms with Gasteiger partial charge in [-0.2, -0.15) is 0 Å². The maximum absolute atomic E-state index is 11.7. The third-order valence-corrected chi connectivity index (χ3v) is 4.69. The van der Waals surface area contributed by atoms with Crippen molar-refractivity contribution >= 4 is 33.4 Å². The largest absolute Gasteiger partial charge is 0.478 e. The molecule has 1 N–H and O–H groups in total. The summed E-state index contributed by atoms with van der Waals surface area (Å²) in [5.74, 6) is -1.01. The molecule has 1 aromatic heterocycles. The Balaban J connectivity index is 1.84. The van der Waals surface area contributed by atoms with E-state index in [1.165, 1.54) is 12.3 Å². The van der Waals surface area contributed by atoms with Gasteiger partial charge in [0, 0.05) is 29.2 Å². The van der Waals surface area contributed by atoms with Gasteiger partial charge in [0.1, 0.15) is 0 Å². The van der Waals surface area contributed by atoms with Crippen molar-refractivity contribution < 1.29 is 14.7 Å². The molecule has 0 spiro atoms. The van der Waals surface area contributed by atoms with E-state index in [0.29, 0.717) is 17.5 Å². The molecule has 0 bridgehead atoms. The Morgan fingerprint density at radius 3 is 2.46 bits per heavy atom. The third-order valence-electron chi connectivity index (χ3n) is 4.69. The van der Waals surface area contributed by atoms with E-state index in [-0.39, 0.29) is 11.3 Å². The average molecular weight is 343 g/mol. The van der Waals surface area contributed by atoms with Crippen molar-refractivity contribution in [3.05, 3.63) is 83.6 Å². The van der Waals surface area contributed by atoms with E-state index in [9.17, 15) is 14.7 Å². The highest BCUT2D eigenvalue weighted by molar-refractivity contribution is 6.06. The SMILES string of the molecule is CC(=O)c1ccc2c(C(=O)O)cn(Cc3ccc4ccccc4c3)c2c1. The number of aromatic nitrogens is 1. The van der Waals surface area contributed by atoms with E-state index < -0.39 is 5.97 Å². The number of Topliss-reactive ketones (excluding diaryl/α,β-unsaturated/α-hetero) is 1. The first kappa shape index (κ1) is 16.1. The van der Waals surface area contributed by atoms with E-state index in [1.807, 2.05) is 22.8 Å². The zero-order valence-electron chi connectivity index (χ0n) is 14.3. The second kappa shape index (κ2) is 6.15. The maximum atomic E-state index is 11.7. The van der Waals surface area contributed by atoms with Crippen molar-refractivity contribution in [3.63, 3.8) is 0 Å². The average Bonchev–Trinajstić information content (AvgIpc) is 2.99. The fourth-order valence-corrected chi connectivity index (χ4v) is 3.35. The predicted molar refractivity (Wildman–Crippen MR) is 102 cm³/mol. The summed E-state index contributed by atoms with van der Waals surface area (Å²) in [4.78, 5) is 23.3. The first-order valence-electron chi connectivity index (χ1n) is 8.38. The number of hydrogen-bond donors (Lipinski definition) is 1. The van der Waals surface area contributed by atoms with Gasteiger partial charge < -0.3 is 9.67 Å². The number of rotatable bonds is 4. The number of ketones is 1. The number of carboxylic acids is 1. The van der Waals surface area contributed by atoms with Crippen molar-refractivity contribution in [2.75, 3.05) is 0 Å². The van der Waals surface area contributed by atoms with Gasteiger partial charge in [0.25, 0.3) is 0 Å². The van der Waals surface area contributed by atoms with Crippen molar-refractivity contribution in [2.24, 2.45) is 0 Å². The highest BCUT2D eigenvalue weighted by Gasteiger charge is 2.15. The van der Waals surface area contributed by atoms with Gasteiger partial charge in [0.2, 0.25) is 0 Å². The molecule has 128 valence electrons. The Morgan fingerprint density at radius 2 is 1.73 bits per heavy atom. The lowest BCUT2D eigenvalue weighted by atomic mass is 10.1. The van der Waals surface area contributed by atoms with Crippen molar-refractivity contribution in [3.8, 4) is 0 Å². The number of benzene rings is 3. The van der Waals surface area contributed by atoms with Gasteiger partial charge in [-0.25, -0.2) is 4.79 Å². The van der Waals surface area contributed by atoms with Gasteiger partial charge in [-0.1, -0.05) is 48.5 Å². The van der Waals surface area contributed by atoms with E-state index in [0.717, 1.165) is 16.5 Å². The number of aromatic carboxylic acids is 1. The molecular weight excluding hydrogens is 326 g/mol. The van der Waals surface area contributed by atoms with Gasteiger partial charge in [-0.05, 0) is 35.4 Å². The standard InChI is InChI=1S/C22H17NO3/c1-14(24)17-8-9-19-20(22(25)26)13-23(21(19)11-17)12-15-6-7-16-4-2-3-5-18(16)10-15/h2-11,13H,12H2,1H3,(H,25,26). The first-order valence-corrected chi connectivity index (χ1v) is 8.38. The first-order chi connectivity index (χ1) is 12.5. The van der Waals surface area contributed by atoms with Crippen LogP contribution in [0.5, 0.6) is 0 Å². The molecule has 0 fully saturated rings. The highest BCUT2D eigenvalue weighted by Crippen LogP contribution is 2.25. The zero-order valence-corrected chi connectivity index (χ0v) is 14.3. The van der Waals surface area contributed by atoms with Crippen LogP contribution in [0.1, 0.15) is 33.2 Å². The smallest absolute Gasteiger partial charge is 0.337 e. The molecular formula is C22H17NO3. The summed E-state index contributed by atoms with van der Waals surface area (Å²) in [7, 11) is 0. The summed E-state index contributed by atoms with van der Waals surface area (Å²) in [6.07, 6.45) is 1.64. The highest BCUT2D eigenvalue weighted by atomic mass is 16.4. The van der Waals surface area contributed by atoms with Crippen LogP contribution in [0.2, 0.25) is 0 Å². The van der Waals surface area contributed by atoms with Gasteiger partial charge in [-0.3, -0.25) is 4.79 Å². The summed E-state index contributed by atoms with van der Waals surface area (Å²) in [5.41, 5.74) is 2.65. The molecule has 0 aliphatic heterocycles. The molecule has 0 amide bonds. The van der Waals surface area contributed by atoms with Crippen LogP contribution >= 0.6 is 0 Å². The molecule has 4 rings (SSSR count). The molecule has 0 unspecified atom stereocenters. The third kappa shape index (κ3) is 2.75. The Bertz CT molecular complexity index is 1170. The number of hydrogen-bond acceptors (Lipinski definition) is 2. The molecule has 0 saturated heterocycles. The quantitative estimate of drug-likeness (QED) is 0.544. The van der Waals surface area contributed by atoms with Crippen LogP contribution in [-0.2, 0) is 6.54 Å². The van der Waals surface area contributed by atoms with Crippen LogP contribution in [-0.4, -0.2) is 21.4 Å². The molecule has 0 aliphatic carbocycles. The van der Waals surface area contributed by atoms with Crippen molar-refractivity contribution in [1.29, 1.82) is 0 Å². The second-order valence-corrected chi connectivity index (χ2v) is 6.45. The molecule has 4 nitrogen and oxygen atoms in total. The number of fused-ring (bicyclic) bond motifs is 2.